The third-order valence-corrected chi connectivity index (χ3v) is 7.36. The Morgan fingerprint density at radius 3 is 2.43 bits per heavy atom. The van der Waals surface area contributed by atoms with Crippen LogP contribution in [0.25, 0.3) is 10.9 Å². The molecule has 35 heavy (non-hydrogen) atoms. The molecule has 0 fully saturated rings. The molecule has 2 aromatic carbocycles. The molecular weight excluding hydrogens is 440 g/mol. The van der Waals surface area contributed by atoms with Gasteiger partial charge >= 0.3 is 0 Å². The smallest absolute Gasteiger partial charge is 0.243 e. The molecule has 0 bridgehead atoms. The maximum absolute atomic E-state index is 11.4. The Labute approximate surface area is 208 Å². The number of aliphatic hydroxyl groups is 1. The van der Waals surface area contributed by atoms with Crippen LogP contribution in [0.4, 0.5) is 0 Å². The number of hydrogen-bond acceptors (Lipinski definition) is 4. The monoisotopic (exact) mass is 480 g/mol. The number of nitrogens with one attached hydrogen (secondary N) is 2. The zero-order valence-corrected chi connectivity index (χ0v) is 21.9. The van der Waals surface area contributed by atoms with Gasteiger partial charge in [0.05, 0.1) is 6.10 Å². The number of aromatic nitrogens is 1. The summed E-state index contributed by atoms with van der Waals surface area (Å²) in [6, 6.07) is 12.7. The fraction of sp³-hybridized carbons (Fsp3) is 0.483. The highest BCUT2D eigenvalue weighted by Crippen LogP contribution is 2.43. The van der Waals surface area contributed by atoms with E-state index < -0.39 is 6.10 Å². The first-order chi connectivity index (χ1) is 16.6. The first kappa shape index (κ1) is 26.8. The van der Waals surface area contributed by atoms with Gasteiger partial charge in [0, 0.05) is 28.9 Å². The summed E-state index contributed by atoms with van der Waals surface area (Å²) in [5.74, 6) is 0.414. The molecule has 1 aromatic heterocycles. The number of hydroxylamine groups is 1. The average molecular weight is 481 g/mol. The number of ether oxygens (including phenoxy) is 1. The van der Waals surface area contributed by atoms with Gasteiger partial charge in [0.2, 0.25) is 5.91 Å². The molecule has 1 amide bonds. The molecule has 0 spiro atoms. The van der Waals surface area contributed by atoms with Gasteiger partial charge in [-0.25, -0.2) is 5.48 Å². The molecule has 6 heteroatoms. The summed E-state index contributed by atoms with van der Waals surface area (Å²) in [5.41, 5.74) is 6.94. The molecule has 1 heterocycles. The quantitative estimate of drug-likeness (QED) is 0.218. The van der Waals surface area contributed by atoms with Crippen LogP contribution < -0.4 is 10.2 Å². The van der Waals surface area contributed by atoms with Crippen molar-refractivity contribution in [2.24, 2.45) is 5.41 Å². The Balaban J connectivity index is 1.91. The van der Waals surface area contributed by atoms with Gasteiger partial charge in [-0.15, -0.1) is 0 Å². The van der Waals surface area contributed by atoms with Crippen molar-refractivity contribution in [3.8, 4) is 5.75 Å². The molecular formula is C29H40N2O4. The number of hydrogen-bond donors (Lipinski definition) is 4. The highest BCUT2D eigenvalue weighted by Gasteiger charge is 2.33. The second-order valence-corrected chi connectivity index (χ2v) is 10.6. The number of carbonyl (C=O) groups is 1. The maximum Gasteiger partial charge on any atom is 0.243 e. The normalized spacial score (nSPS) is 13.1. The SMILES string of the molecule is CCC(CC)(c1ccc(OCC(O)C(C)(C)C)c(C)c1)c1c[nH]c2cc(CCC(=O)NO)ccc12. The minimum Gasteiger partial charge on any atom is -0.491 e. The van der Waals surface area contributed by atoms with E-state index in [0.717, 1.165) is 35.2 Å². The molecule has 0 aliphatic heterocycles. The van der Waals surface area contributed by atoms with E-state index in [1.165, 1.54) is 16.5 Å². The van der Waals surface area contributed by atoms with Crippen LogP contribution in [0.2, 0.25) is 0 Å². The number of carbonyl (C=O) groups excluding carboxylic acids is 1. The van der Waals surface area contributed by atoms with Gasteiger partial charge in [0.15, 0.2) is 0 Å². The Hall–Kier alpha value is -2.83. The Bertz CT molecular complexity index is 1160. The van der Waals surface area contributed by atoms with Gasteiger partial charge in [-0.1, -0.05) is 58.9 Å². The Morgan fingerprint density at radius 1 is 1.11 bits per heavy atom. The van der Waals surface area contributed by atoms with Crippen LogP contribution in [0.1, 0.15) is 76.1 Å². The van der Waals surface area contributed by atoms with E-state index in [4.69, 9.17) is 9.94 Å². The molecule has 190 valence electrons. The summed E-state index contributed by atoms with van der Waals surface area (Å²) in [6.45, 7) is 12.8. The fourth-order valence-corrected chi connectivity index (χ4v) is 4.76. The number of aryl methyl sites for hydroxylation is 2. The van der Waals surface area contributed by atoms with Crippen LogP contribution in [0, 0.1) is 12.3 Å². The van der Waals surface area contributed by atoms with Crippen LogP contribution in [0.5, 0.6) is 5.75 Å². The van der Waals surface area contributed by atoms with Crippen molar-refractivity contribution in [3.05, 3.63) is 64.8 Å². The predicted octanol–water partition coefficient (Wildman–Crippen LogP) is 5.81. The molecule has 3 aromatic rings. The molecule has 1 atom stereocenters. The van der Waals surface area contributed by atoms with Crippen molar-refractivity contribution in [1.29, 1.82) is 0 Å². The summed E-state index contributed by atoms with van der Waals surface area (Å²) in [6.07, 6.45) is 4.26. The van der Waals surface area contributed by atoms with E-state index in [1.807, 2.05) is 26.8 Å². The number of aromatic amines is 1. The number of H-pyrrole nitrogens is 1. The number of amides is 1. The second-order valence-electron chi connectivity index (χ2n) is 10.6. The van der Waals surface area contributed by atoms with Gasteiger partial charge in [-0.2, -0.15) is 0 Å². The first-order valence-electron chi connectivity index (χ1n) is 12.5. The van der Waals surface area contributed by atoms with Gasteiger partial charge in [0.1, 0.15) is 12.4 Å². The second kappa shape index (κ2) is 10.8. The predicted molar refractivity (Wildman–Crippen MR) is 140 cm³/mol. The lowest BCUT2D eigenvalue weighted by Crippen LogP contribution is -2.32. The van der Waals surface area contributed by atoms with Gasteiger partial charge in [0.25, 0.3) is 0 Å². The first-order valence-corrected chi connectivity index (χ1v) is 12.5. The van der Waals surface area contributed by atoms with Crippen LogP contribution >= 0.6 is 0 Å². The van der Waals surface area contributed by atoms with Crippen LogP contribution in [-0.2, 0) is 16.6 Å². The summed E-state index contributed by atoms with van der Waals surface area (Å²) in [5, 5.41) is 20.3. The molecule has 4 N–H and O–H groups in total. The number of benzene rings is 2. The van der Waals surface area contributed by atoms with E-state index in [2.05, 4.69) is 62.3 Å². The summed E-state index contributed by atoms with van der Waals surface area (Å²) < 4.78 is 5.98. The van der Waals surface area contributed by atoms with E-state index in [9.17, 15) is 9.90 Å². The van der Waals surface area contributed by atoms with Crippen LogP contribution in [-0.4, -0.2) is 33.9 Å². The van der Waals surface area contributed by atoms with Crippen LogP contribution in [0.15, 0.2) is 42.6 Å². The van der Waals surface area contributed by atoms with Gasteiger partial charge in [-0.3, -0.25) is 10.0 Å². The standard InChI is InChI=1S/C29H40N2O4/c1-7-29(8-2,21-11-13-25(19(3)15-21)35-18-26(32)28(4,5)6)23-17-30-24-16-20(9-12-22(23)24)10-14-27(33)31-34/h9,11-13,15-17,26,30,32,34H,7-8,10,14,18H2,1-6H3,(H,31,33). The molecule has 0 saturated carbocycles. The van der Waals surface area contributed by atoms with E-state index in [1.54, 1.807) is 5.48 Å². The Morgan fingerprint density at radius 2 is 1.83 bits per heavy atom. The molecule has 6 nitrogen and oxygen atoms in total. The number of rotatable bonds is 10. The summed E-state index contributed by atoms with van der Waals surface area (Å²) in [7, 11) is 0. The van der Waals surface area contributed by atoms with Crippen molar-refractivity contribution in [3.63, 3.8) is 0 Å². The number of aliphatic hydroxyl groups excluding tert-OH is 1. The largest absolute Gasteiger partial charge is 0.491 e. The molecule has 0 saturated heterocycles. The number of fused-ring (bicyclic) bond motifs is 1. The highest BCUT2D eigenvalue weighted by molar-refractivity contribution is 5.86. The minimum atomic E-state index is -0.541. The fourth-order valence-electron chi connectivity index (χ4n) is 4.76. The molecule has 0 aliphatic rings. The minimum absolute atomic E-state index is 0.162. The molecule has 1 unspecified atom stereocenters. The zero-order valence-electron chi connectivity index (χ0n) is 21.9. The van der Waals surface area contributed by atoms with Crippen molar-refractivity contribution in [2.45, 2.75) is 78.7 Å². The van der Waals surface area contributed by atoms with E-state index in [0.29, 0.717) is 6.42 Å². The third kappa shape index (κ3) is 5.71. The maximum atomic E-state index is 11.4. The molecule has 0 aliphatic carbocycles. The van der Waals surface area contributed by atoms with Crippen LogP contribution in [0.3, 0.4) is 0 Å². The molecule has 0 radical (unpaired) electrons. The Kier molecular flexibility index (Phi) is 8.29. The lowest BCUT2D eigenvalue weighted by Gasteiger charge is -2.33. The van der Waals surface area contributed by atoms with E-state index in [-0.39, 0.29) is 29.8 Å². The zero-order chi connectivity index (χ0) is 25.8. The van der Waals surface area contributed by atoms with Crippen molar-refractivity contribution in [2.75, 3.05) is 6.61 Å². The van der Waals surface area contributed by atoms with Crippen molar-refractivity contribution < 1.29 is 19.8 Å². The third-order valence-electron chi connectivity index (χ3n) is 7.36. The molecule has 3 rings (SSSR count). The average Bonchev–Trinajstić information content (AvgIpc) is 3.26. The summed E-state index contributed by atoms with van der Waals surface area (Å²) in [4.78, 5) is 14.8. The lowest BCUT2D eigenvalue weighted by molar-refractivity contribution is -0.129. The van der Waals surface area contributed by atoms with Crippen molar-refractivity contribution in [1.82, 2.24) is 10.5 Å². The van der Waals surface area contributed by atoms with Gasteiger partial charge < -0.3 is 14.8 Å². The van der Waals surface area contributed by atoms with Crippen molar-refractivity contribution >= 4 is 16.8 Å². The van der Waals surface area contributed by atoms with Gasteiger partial charge in [-0.05, 0) is 66.0 Å². The lowest BCUT2D eigenvalue weighted by atomic mass is 9.70. The van der Waals surface area contributed by atoms with E-state index >= 15 is 0 Å². The topological polar surface area (TPSA) is 94.6 Å². The summed E-state index contributed by atoms with van der Waals surface area (Å²) >= 11 is 0. The highest BCUT2D eigenvalue weighted by atomic mass is 16.5.